The quantitative estimate of drug-likeness (QED) is 0.358. The van der Waals surface area contributed by atoms with Gasteiger partial charge in [0.05, 0.1) is 5.41 Å². The van der Waals surface area contributed by atoms with Crippen LogP contribution in [0.25, 0.3) is 0 Å². The van der Waals surface area contributed by atoms with Crippen molar-refractivity contribution in [3.8, 4) is 0 Å². The smallest absolute Gasteiger partial charge is 0.229 e. The minimum atomic E-state index is -0.0230. The Morgan fingerprint density at radius 1 is 0.889 bits per heavy atom. The van der Waals surface area contributed by atoms with Gasteiger partial charge in [0, 0.05) is 19.1 Å². The number of rotatable bonds is 7. The zero-order valence-electron chi connectivity index (χ0n) is 24.8. The first-order valence-corrected chi connectivity index (χ1v) is 16.1. The van der Waals surface area contributed by atoms with E-state index in [9.17, 15) is 4.79 Å². The zero-order chi connectivity index (χ0) is 25.7. The van der Waals surface area contributed by atoms with Gasteiger partial charge in [-0.3, -0.25) is 4.79 Å². The van der Waals surface area contributed by atoms with Crippen LogP contribution in [0.2, 0.25) is 0 Å². The molecule has 0 aromatic heterocycles. The van der Waals surface area contributed by atoms with E-state index in [4.69, 9.17) is 0 Å². The lowest BCUT2D eigenvalue weighted by molar-refractivity contribution is -0.161. The Morgan fingerprint density at radius 3 is 2.36 bits per heavy atom. The molecule has 0 aromatic rings. The molecule has 36 heavy (non-hydrogen) atoms. The van der Waals surface area contributed by atoms with E-state index in [-0.39, 0.29) is 5.41 Å². The fraction of sp³-hybridized carbons (Fsp3) is 0.970. The lowest BCUT2D eigenvalue weighted by atomic mass is 9.44. The summed E-state index contributed by atoms with van der Waals surface area (Å²) >= 11 is 0. The molecule has 2 aliphatic heterocycles. The number of hydrogen-bond donors (Lipinski definition) is 0. The summed E-state index contributed by atoms with van der Waals surface area (Å²) in [6.07, 6.45) is 16.8. The van der Waals surface area contributed by atoms with Crippen LogP contribution in [0, 0.1) is 45.8 Å². The first-order valence-electron chi connectivity index (χ1n) is 16.1. The second-order valence-electron chi connectivity index (χ2n) is 15.6. The number of fused-ring (bicyclic) bond motifs is 3. The molecule has 2 heterocycles. The highest BCUT2D eigenvalue weighted by molar-refractivity contribution is 5.84. The highest BCUT2D eigenvalue weighted by atomic mass is 16.2. The third kappa shape index (κ3) is 4.71. The van der Waals surface area contributed by atoms with Crippen molar-refractivity contribution in [2.24, 2.45) is 45.8 Å². The predicted molar refractivity (Wildman–Crippen MR) is 151 cm³/mol. The van der Waals surface area contributed by atoms with Crippen LogP contribution < -0.4 is 0 Å². The molecule has 3 nitrogen and oxygen atoms in total. The van der Waals surface area contributed by atoms with Crippen LogP contribution in [-0.4, -0.2) is 47.9 Å². The van der Waals surface area contributed by atoms with E-state index in [2.05, 4.69) is 51.3 Å². The van der Waals surface area contributed by atoms with Gasteiger partial charge in [0.2, 0.25) is 5.91 Å². The number of nitrogens with zero attached hydrogens (tertiary/aromatic N) is 2. The maximum Gasteiger partial charge on any atom is 0.229 e. The normalized spacial score (nSPS) is 39.0. The summed E-state index contributed by atoms with van der Waals surface area (Å²) in [5.41, 5.74) is 0.773. The summed E-state index contributed by atoms with van der Waals surface area (Å²) in [6.45, 7) is 19.8. The molecule has 0 spiro atoms. The molecular formula is C33H58N2O. The first-order chi connectivity index (χ1) is 17.1. The van der Waals surface area contributed by atoms with Crippen LogP contribution in [0.15, 0.2) is 0 Å². The first kappa shape index (κ1) is 27.0. The van der Waals surface area contributed by atoms with Crippen molar-refractivity contribution < 1.29 is 4.79 Å². The molecule has 0 N–H and O–H groups in total. The minimum absolute atomic E-state index is 0.0230. The Hall–Kier alpha value is -0.570. The fourth-order valence-corrected chi connectivity index (χ4v) is 10.7. The van der Waals surface area contributed by atoms with Crippen molar-refractivity contribution in [3.05, 3.63) is 0 Å². The number of carbonyl (C=O) groups is 1. The molecule has 2 saturated heterocycles. The maximum atomic E-state index is 14.5. The number of amides is 1. The summed E-state index contributed by atoms with van der Waals surface area (Å²) in [6, 6.07) is 0.484. The zero-order valence-corrected chi connectivity index (χ0v) is 24.8. The van der Waals surface area contributed by atoms with E-state index in [1.807, 2.05) is 0 Å². The van der Waals surface area contributed by atoms with Crippen LogP contribution in [0.4, 0.5) is 0 Å². The van der Waals surface area contributed by atoms with Crippen molar-refractivity contribution in [2.45, 2.75) is 131 Å². The molecule has 0 bridgehead atoms. The third-order valence-corrected chi connectivity index (χ3v) is 12.5. The molecular weight excluding hydrogens is 440 g/mol. The Morgan fingerprint density at radius 2 is 1.64 bits per heavy atom. The summed E-state index contributed by atoms with van der Waals surface area (Å²) in [4.78, 5) is 19.6. The molecule has 5 fully saturated rings. The van der Waals surface area contributed by atoms with Crippen molar-refractivity contribution in [2.75, 3.05) is 26.2 Å². The van der Waals surface area contributed by atoms with Gasteiger partial charge in [-0.05, 0) is 124 Å². The molecule has 0 aromatic carbocycles. The summed E-state index contributed by atoms with van der Waals surface area (Å²) in [7, 11) is 0. The van der Waals surface area contributed by atoms with Crippen molar-refractivity contribution in [3.63, 3.8) is 0 Å². The van der Waals surface area contributed by atoms with E-state index < -0.39 is 0 Å². The monoisotopic (exact) mass is 498 g/mol. The second-order valence-corrected chi connectivity index (χ2v) is 15.6. The molecule has 6 atom stereocenters. The highest BCUT2D eigenvalue weighted by Crippen LogP contribution is 2.66. The van der Waals surface area contributed by atoms with Gasteiger partial charge in [0.15, 0.2) is 0 Å². The Balaban J connectivity index is 1.32. The molecule has 3 saturated carbocycles. The van der Waals surface area contributed by atoms with E-state index >= 15 is 0 Å². The van der Waals surface area contributed by atoms with Crippen LogP contribution in [0.5, 0.6) is 0 Å². The molecule has 6 unspecified atom stereocenters. The second kappa shape index (κ2) is 10.2. The average Bonchev–Trinajstić information content (AvgIpc) is 3.58. The van der Waals surface area contributed by atoms with Crippen LogP contribution in [0.1, 0.15) is 125 Å². The van der Waals surface area contributed by atoms with E-state index in [1.165, 1.54) is 96.6 Å². The summed E-state index contributed by atoms with van der Waals surface area (Å²) in [5, 5.41) is 0. The Bertz CT molecular complexity index is 781. The van der Waals surface area contributed by atoms with Gasteiger partial charge in [-0.1, -0.05) is 54.4 Å². The van der Waals surface area contributed by atoms with Crippen LogP contribution >= 0.6 is 0 Å². The maximum absolute atomic E-state index is 14.5. The van der Waals surface area contributed by atoms with Gasteiger partial charge >= 0.3 is 0 Å². The molecule has 206 valence electrons. The van der Waals surface area contributed by atoms with Crippen LogP contribution in [-0.2, 0) is 4.79 Å². The summed E-state index contributed by atoms with van der Waals surface area (Å²) < 4.78 is 0. The molecule has 3 heteroatoms. The minimum Gasteiger partial charge on any atom is -0.338 e. The number of likely N-dealkylation sites (tertiary alicyclic amines) is 2. The number of hydrogen-bond acceptors (Lipinski definition) is 2. The van der Waals surface area contributed by atoms with Gasteiger partial charge in [0.25, 0.3) is 0 Å². The Labute approximate surface area is 223 Å². The van der Waals surface area contributed by atoms with Crippen LogP contribution in [0.3, 0.4) is 0 Å². The van der Waals surface area contributed by atoms with E-state index in [1.54, 1.807) is 0 Å². The predicted octanol–water partition coefficient (Wildman–Crippen LogP) is 7.78. The summed E-state index contributed by atoms with van der Waals surface area (Å²) in [5.74, 6) is 4.43. The van der Waals surface area contributed by atoms with Crippen molar-refractivity contribution in [1.29, 1.82) is 0 Å². The molecule has 5 aliphatic rings. The highest BCUT2D eigenvalue weighted by Gasteiger charge is 2.62. The number of carbonyl (C=O) groups excluding carboxylic acids is 1. The third-order valence-electron chi connectivity index (χ3n) is 12.5. The van der Waals surface area contributed by atoms with Gasteiger partial charge in [-0.25, -0.2) is 0 Å². The topological polar surface area (TPSA) is 23.6 Å². The van der Waals surface area contributed by atoms with Gasteiger partial charge in [0.1, 0.15) is 0 Å². The molecule has 1 amide bonds. The van der Waals surface area contributed by atoms with Gasteiger partial charge in [-0.15, -0.1) is 0 Å². The van der Waals surface area contributed by atoms with Gasteiger partial charge in [-0.2, -0.15) is 0 Å². The van der Waals surface area contributed by atoms with E-state index in [0.717, 1.165) is 36.8 Å². The van der Waals surface area contributed by atoms with Crippen molar-refractivity contribution in [1.82, 2.24) is 9.80 Å². The fourth-order valence-electron chi connectivity index (χ4n) is 10.7. The lowest BCUT2D eigenvalue weighted by Gasteiger charge is -2.60. The largest absolute Gasteiger partial charge is 0.338 e. The average molecular weight is 499 g/mol. The molecule has 5 rings (SSSR count). The van der Waals surface area contributed by atoms with Gasteiger partial charge < -0.3 is 9.80 Å². The molecule has 3 aliphatic carbocycles. The van der Waals surface area contributed by atoms with Crippen molar-refractivity contribution >= 4 is 5.91 Å². The SMILES string of the molecule is CC(C)CCC(C)(C)C1CCC2C3CCCC3(C(=O)N3CCCC3CN3CCCC3)CCC2C1(C)C. The van der Waals surface area contributed by atoms with E-state index in [0.29, 0.717) is 28.7 Å². The lowest BCUT2D eigenvalue weighted by Crippen LogP contribution is -2.58. The molecule has 0 radical (unpaired) electrons. The Kier molecular flexibility index (Phi) is 7.65. The standard InChI is InChI=1S/C33H58N2O/c1-24(2)15-18-31(3,4)29-14-13-26-27(32(29,5)6)16-19-33(17-9-12-28(26)33)30(36)35-22-10-11-25(35)23-34-20-7-8-21-34/h24-29H,7-23H2,1-6H3.